The van der Waals surface area contributed by atoms with Crippen molar-refractivity contribution in [1.29, 1.82) is 0 Å². The quantitative estimate of drug-likeness (QED) is 0.657. The molecule has 0 aromatic heterocycles. The first kappa shape index (κ1) is 15.8. The van der Waals surface area contributed by atoms with E-state index >= 15 is 0 Å². The molecule has 0 bridgehead atoms. The smallest absolute Gasteiger partial charge is 0.356 e. The number of carbonyl (C=O) groups excluding carboxylic acids is 2. The van der Waals surface area contributed by atoms with Crippen molar-refractivity contribution in [1.82, 2.24) is 5.32 Å². The number of anilines is 2. The predicted octanol–water partition coefficient (Wildman–Crippen LogP) is 2.51. The molecule has 3 rings (SSSR count). The Hall–Kier alpha value is -3.12. The maximum Gasteiger partial charge on any atom is 0.356 e. The number of urea groups is 1. The highest BCUT2D eigenvalue weighted by Crippen LogP contribution is 2.36. The molecular weight excluding hydrogens is 308 g/mol. The number of esters is 1. The van der Waals surface area contributed by atoms with Crippen molar-refractivity contribution < 1.29 is 19.4 Å². The molecule has 24 heavy (non-hydrogen) atoms. The van der Waals surface area contributed by atoms with Gasteiger partial charge in [-0.25, -0.2) is 9.59 Å². The van der Waals surface area contributed by atoms with Crippen molar-refractivity contribution in [2.75, 3.05) is 12.0 Å². The molecule has 0 aliphatic carbocycles. The van der Waals surface area contributed by atoms with E-state index in [4.69, 9.17) is 0 Å². The molecule has 1 aliphatic heterocycles. The summed E-state index contributed by atoms with van der Waals surface area (Å²) in [5.74, 6) is -0.933. The van der Waals surface area contributed by atoms with E-state index < -0.39 is 18.2 Å². The average Bonchev–Trinajstić information content (AvgIpc) is 2.77. The van der Waals surface area contributed by atoms with Gasteiger partial charge in [-0.3, -0.25) is 4.90 Å². The minimum absolute atomic E-state index is 0.628. The van der Waals surface area contributed by atoms with Gasteiger partial charge in [0.2, 0.25) is 6.23 Å². The Morgan fingerprint density at radius 2 is 1.50 bits per heavy atom. The van der Waals surface area contributed by atoms with Crippen molar-refractivity contribution >= 4 is 35.5 Å². The Morgan fingerprint density at radius 3 is 2.00 bits per heavy atom. The highest BCUT2D eigenvalue weighted by Gasteiger charge is 2.27. The van der Waals surface area contributed by atoms with Gasteiger partial charge in [0.25, 0.3) is 0 Å². The number of amides is 2. The van der Waals surface area contributed by atoms with E-state index in [9.17, 15) is 14.7 Å². The van der Waals surface area contributed by atoms with Crippen LogP contribution in [-0.2, 0) is 9.53 Å². The normalized spacial score (nSPS) is 13.3. The lowest BCUT2D eigenvalue weighted by atomic mass is 10.1. The summed E-state index contributed by atoms with van der Waals surface area (Å²) in [6.45, 7) is 0. The maximum absolute atomic E-state index is 12.7. The van der Waals surface area contributed by atoms with Gasteiger partial charge in [0.1, 0.15) is 0 Å². The van der Waals surface area contributed by atoms with E-state index in [-0.39, 0.29) is 0 Å². The SMILES string of the molecule is COC(=O)C(O)NC(=O)N1c2ccccc2C=Cc2ccccc21. The number of methoxy groups -OCH3 is 1. The monoisotopic (exact) mass is 324 g/mol. The summed E-state index contributed by atoms with van der Waals surface area (Å²) in [6, 6.07) is 14.1. The summed E-state index contributed by atoms with van der Waals surface area (Å²) in [5.41, 5.74) is 2.98. The summed E-state index contributed by atoms with van der Waals surface area (Å²) >= 11 is 0. The zero-order chi connectivity index (χ0) is 17.1. The molecular formula is C18H16N2O4. The number of rotatable bonds is 2. The second-order valence-corrected chi connectivity index (χ2v) is 5.16. The van der Waals surface area contributed by atoms with Crippen LogP contribution in [0.15, 0.2) is 48.5 Å². The van der Waals surface area contributed by atoms with Crippen LogP contribution in [0.25, 0.3) is 12.2 Å². The van der Waals surface area contributed by atoms with Gasteiger partial charge in [0.15, 0.2) is 0 Å². The van der Waals surface area contributed by atoms with Crippen LogP contribution in [0.5, 0.6) is 0 Å². The number of para-hydroxylation sites is 2. The van der Waals surface area contributed by atoms with Gasteiger partial charge in [-0.15, -0.1) is 0 Å². The third-order valence-corrected chi connectivity index (χ3v) is 3.69. The molecule has 2 aromatic rings. The summed E-state index contributed by atoms with van der Waals surface area (Å²) in [7, 11) is 1.14. The summed E-state index contributed by atoms with van der Waals surface area (Å²) in [5, 5.41) is 12.0. The fraction of sp³-hybridized carbons (Fsp3) is 0.111. The predicted molar refractivity (Wildman–Crippen MR) is 90.5 cm³/mol. The van der Waals surface area contributed by atoms with Gasteiger partial charge >= 0.3 is 12.0 Å². The Bertz CT molecular complexity index is 767. The van der Waals surface area contributed by atoms with Crippen LogP contribution in [-0.4, -0.2) is 30.4 Å². The van der Waals surface area contributed by atoms with Gasteiger partial charge in [0, 0.05) is 0 Å². The summed E-state index contributed by atoms with van der Waals surface area (Å²) in [6.07, 6.45) is 2.09. The molecule has 6 heteroatoms. The minimum atomic E-state index is -1.74. The second-order valence-electron chi connectivity index (χ2n) is 5.16. The molecule has 0 saturated carbocycles. The molecule has 1 aliphatic rings. The van der Waals surface area contributed by atoms with Gasteiger partial charge in [-0.1, -0.05) is 48.6 Å². The topological polar surface area (TPSA) is 78.9 Å². The largest absolute Gasteiger partial charge is 0.466 e. The van der Waals surface area contributed by atoms with Crippen LogP contribution < -0.4 is 10.2 Å². The third kappa shape index (κ3) is 2.87. The van der Waals surface area contributed by atoms with Crippen molar-refractivity contribution in [3.8, 4) is 0 Å². The average molecular weight is 324 g/mol. The second kappa shape index (κ2) is 6.55. The Labute approximate surface area is 139 Å². The Morgan fingerprint density at radius 1 is 1.00 bits per heavy atom. The van der Waals surface area contributed by atoms with E-state index in [1.54, 1.807) is 12.1 Å². The number of ether oxygens (including phenoxy) is 1. The van der Waals surface area contributed by atoms with Gasteiger partial charge < -0.3 is 15.2 Å². The molecule has 2 N–H and O–H groups in total. The van der Waals surface area contributed by atoms with Crippen LogP contribution in [0, 0.1) is 0 Å². The molecule has 0 saturated heterocycles. The number of fused-ring (bicyclic) bond motifs is 2. The van der Waals surface area contributed by atoms with Crippen molar-refractivity contribution in [3.63, 3.8) is 0 Å². The van der Waals surface area contributed by atoms with Crippen molar-refractivity contribution in [2.24, 2.45) is 0 Å². The number of aliphatic hydroxyl groups excluding tert-OH is 1. The molecule has 122 valence electrons. The van der Waals surface area contributed by atoms with E-state index in [1.165, 1.54) is 4.90 Å². The number of benzene rings is 2. The zero-order valence-corrected chi connectivity index (χ0v) is 13.0. The molecule has 0 spiro atoms. The first-order valence-electron chi connectivity index (χ1n) is 7.34. The lowest BCUT2D eigenvalue weighted by molar-refractivity contribution is -0.151. The first-order chi connectivity index (χ1) is 11.6. The van der Waals surface area contributed by atoms with Crippen LogP contribution in [0.1, 0.15) is 11.1 Å². The standard InChI is InChI=1S/C18H16N2O4/c1-24-17(22)16(21)19-18(23)20-14-8-4-2-6-12(14)10-11-13-7-3-5-9-15(13)20/h2-11,16,21H,1H3,(H,19,23). The Balaban J connectivity index is 2.04. The third-order valence-electron chi connectivity index (χ3n) is 3.69. The summed E-state index contributed by atoms with van der Waals surface area (Å²) in [4.78, 5) is 25.5. The van der Waals surface area contributed by atoms with E-state index in [1.807, 2.05) is 48.6 Å². The highest BCUT2D eigenvalue weighted by molar-refractivity contribution is 6.06. The van der Waals surface area contributed by atoms with Crippen LogP contribution in [0.3, 0.4) is 0 Å². The molecule has 1 unspecified atom stereocenters. The van der Waals surface area contributed by atoms with Gasteiger partial charge in [-0.2, -0.15) is 0 Å². The number of carbonyl (C=O) groups is 2. The van der Waals surface area contributed by atoms with E-state index in [2.05, 4.69) is 10.1 Å². The van der Waals surface area contributed by atoms with E-state index in [0.29, 0.717) is 11.4 Å². The zero-order valence-electron chi connectivity index (χ0n) is 13.0. The van der Waals surface area contributed by atoms with E-state index in [0.717, 1.165) is 18.2 Å². The lowest BCUT2D eigenvalue weighted by Gasteiger charge is -2.26. The van der Waals surface area contributed by atoms with Crippen LogP contribution >= 0.6 is 0 Å². The highest BCUT2D eigenvalue weighted by atomic mass is 16.5. The van der Waals surface area contributed by atoms with Crippen molar-refractivity contribution in [2.45, 2.75) is 6.23 Å². The first-order valence-corrected chi connectivity index (χ1v) is 7.34. The Kier molecular flexibility index (Phi) is 4.31. The molecule has 1 atom stereocenters. The summed E-state index contributed by atoms with van der Waals surface area (Å²) < 4.78 is 4.43. The van der Waals surface area contributed by atoms with Crippen LogP contribution in [0.2, 0.25) is 0 Å². The van der Waals surface area contributed by atoms with Gasteiger partial charge in [-0.05, 0) is 23.3 Å². The minimum Gasteiger partial charge on any atom is -0.466 e. The molecule has 1 heterocycles. The molecule has 0 radical (unpaired) electrons. The van der Waals surface area contributed by atoms with Gasteiger partial charge in [0.05, 0.1) is 18.5 Å². The fourth-order valence-corrected chi connectivity index (χ4v) is 2.54. The lowest BCUT2D eigenvalue weighted by Crippen LogP contribution is -2.47. The molecule has 2 aromatic carbocycles. The molecule has 2 amide bonds. The van der Waals surface area contributed by atoms with Crippen LogP contribution in [0.4, 0.5) is 16.2 Å². The molecule has 6 nitrogen and oxygen atoms in total. The van der Waals surface area contributed by atoms with Crippen molar-refractivity contribution in [3.05, 3.63) is 59.7 Å². The number of hydrogen-bond donors (Lipinski definition) is 2. The maximum atomic E-state index is 12.7. The number of nitrogens with one attached hydrogen (secondary N) is 1. The number of hydrogen-bond acceptors (Lipinski definition) is 4. The fourth-order valence-electron chi connectivity index (χ4n) is 2.54. The number of aliphatic hydroxyl groups is 1. The number of nitrogens with zero attached hydrogens (tertiary/aromatic N) is 1. The molecule has 0 fully saturated rings.